The number of hydrogen-bond acceptors (Lipinski definition) is 0. The van der Waals surface area contributed by atoms with E-state index in [1.54, 1.807) is 51.4 Å². The van der Waals surface area contributed by atoms with Crippen LogP contribution in [0.4, 0.5) is 0 Å². The largest absolute Gasteiger partial charge is 0.0530 e. The molecule has 104 valence electrons. The summed E-state index contributed by atoms with van der Waals surface area (Å²) in [5.74, 6) is 4.66. The minimum atomic E-state index is 1.17. The lowest BCUT2D eigenvalue weighted by molar-refractivity contribution is 0.277. The Morgan fingerprint density at radius 3 is 0.778 bits per heavy atom. The first kappa shape index (κ1) is 13.0. The summed E-state index contributed by atoms with van der Waals surface area (Å²) in [6.45, 7) is 0. The van der Waals surface area contributed by atoms with E-state index in [9.17, 15) is 0 Å². The van der Waals surface area contributed by atoms with E-state index in [0.29, 0.717) is 0 Å². The van der Waals surface area contributed by atoms with Crippen molar-refractivity contribution in [3.8, 4) is 0 Å². The van der Waals surface area contributed by atoms with Gasteiger partial charge in [0.2, 0.25) is 0 Å². The second-order valence-corrected chi connectivity index (χ2v) is 7.47. The summed E-state index contributed by atoms with van der Waals surface area (Å²) in [6, 6.07) is 0. The van der Waals surface area contributed by atoms with Crippen LogP contribution in [-0.4, -0.2) is 0 Å². The van der Waals surface area contributed by atoms with Gasteiger partial charge in [-0.05, 0) is 23.7 Å². The fraction of sp³-hybridized carbons (Fsp3) is 1.00. The van der Waals surface area contributed by atoms with Gasteiger partial charge in [-0.1, -0.05) is 89.9 Å². The van der Waals surface area contributed by atoms with Gasteiger partial charge in [-0.2, -0.15) is 0 Å². The van der Waals surface area contributed by atoms with Crippen molar-refractivity contribution in [2.45, 2.75) is 89.9 Å². The van der Waals surface area contributed by atoms with Crippen LogP contribution in [0.5, 0.6) is 0 Å². The lowest BCUT2D eigenvalue weighted by Crippen LogP contribution is -2.12. The molecule has 0 radical (unpaired) electrons. The molecule has 4 atom stereocenters. The van der Waals surface area contributed by atoms with E-state index in [1.165, 1.54) is 62.2 Å². The Morgan fingerprint density at radius 1 is 0.278 bits per heavy atom. The van der Waals surface area contributed by atoms with E-state index in [2.05, 4.69) is 0 Å². The maximum atomic E-state index is 1.56. The topological polar surface area (TPSA) is 0 Å². The standard InChI is InChI=1S/2C9H16/c2*1-2-5-9-7-3-6-8(9)4-1/h2*8-9H,1-7H2/t2*8-,9-/m11/s1. The average Bonchev–Trinajstić information content (AvgIpc) is 3.08. The van der Waals surface area contributed by atoms with Gasteiger partial charge in [0.25, 0.3) is 0 Å². The maximum Gasteiger partial charge on any atom is -0.0386 e. The third-order valence-corrected chi connectivity index (χ3v) is 6.43. The highest BCUT2D eigenvalue weighted by molar-refractivity contribution is 4.81. The molecular formula is C18H32. The number of fused-ring (bicyclic) bond motifs is 2. The highest BCUT2D eigenvalue weighted by Gasteiger charge is 2.29. The minimum absolute atomic E-state index is 1.17. The molecule has 0 aromatic rings. The van der Waals surface area contributed by atoms with Gasteiger partial charge in [-0.3, -0.25) is 0 Å². The summed E-state index contributed by atoms with van der Waals surface area (Å²) in [7, 11) is 0. The van der Waals surface area contributed by atoms with E-state index < -0.39 is 0 Å². The van der Waals surface area contributed by atoms with Gasteiger partial charge in [0.05, 0.1) is 0 Å². The highest BCUT2D eigenvalue weighted by Crippen LogP contribution is 2.42. The Labute approximate surface area is 114 Å². The van der Waals surface area contributed by atoms with Crippen molar-refractivity contribution in [2.75, 3.05) is 0 Å². The summed E-state index contributed by atoms with van der Waals surface area (Å²) < 4.78 is 0. The van der Waals surface area contributed by atoms with Crippen LogP contribution < -0.4 is 0 Å². The highest BCUT2D eigenvalue weighted by atomic mass is 14.3. The molecular weight excluding hydrogens is 216 g/mol. The molecule has 0 saturated heterocycles. The number of hydrogen-bond donors (Lipinski definition) is 0. The minimum Gasteiger partial charge on any atom is -0.0530 e. The molecule has 0 bridgehead atoms. The van der Waals surface area contributed by atoms with Crippen molar-refractivity contribution >= 4 is 0 Å². The van der Waals surface area contributed by atoms with Gasteiger partial charge in [-0.15, -0.1) is 0 Å². The Kier molecular flexibility index (Phi) is 4.65. The van der Waals surface area contributed by atoms with Crippen LogP contribution in [0.2, 0.25) is 0 Å². The van der Waals surface area contributed by atoms with Crippen molar-refractivity contribution in [3.63, 3.8) is 0 Å². The van der Waals surface area contributed by atoms with E-state index in [-0.39, 0.29) is 0 Å². The fourth-order valence-corrected chi connectivity index (χ4v) is 5.37. The molecule has 0 heterocycles. The molecule has 0 amide bonds. The molecule has 0 spiro atoms. The van der Waals surface area contributed by atoms with Crippen LogP contribution in [0.15, 0.2) is 0 Å². The zero-order valence-electron chi connectivity index (χ0n) is 12.2. The zero-order valence-corrected chi connectivity index (χ0v) is 12.2. The second kappa shape index (κ2) is 6.44. The van der Waals surface area contributed by atoms with Crippen LogP contribution in [0.3, 0.4) is 0 Å². The van der Waals surface area contributed by atoms with Gasteiger partial charge >= 0.3 is 0 Å². The Balaban J connectivity index is 0.000000111. The predicted molar refractivity (Wildman–Crippen MR) is 78.6 cm³/mol. The lowest BCUT2D eigenvalue weighted by Gasteiger charge is -2.24. The molecule has 4 saturated carbocycles. The molecule has 0 aliphatic heterocycles. The van der Waals surface area contributed by atoms with E-state index >= 15 is 0 Å². The normalized spacial score (nSPS) is 42.7. The predicted octanol–water partition coefficient (Wildman–Crippen LogP) is 5.95. The summed E-state index contributed by atoms with van der Waals surface area (Å²) in [5, 5.41) is 0. The average molecular weight is 248 g/mol. The van der Waals surface area contributed by atoms with Gasteiger partial charge in [-0.25, -0.2) is 0 Å². The van der Waals surface area contributed by atoms with Crippen LogP contribution in [0.1, 0.15) is 89.9 Å². The summed E-state index contributed by atoms with van der Waals surface area (Å²) >= 11 is 0. The Bertz CT molecular complexity index is 194. The van der Waals surface area contributed by atoms with Crippen molar-refractivity contribution in [1.82, 2.24) is 0 Å². The third-order valence-electron chi connectivity index (χ3n) is 6.43. The fourth-order valence-electron chi connectivity index (χ4n) is 5.37. The van der Waals surface area contributed by atoms with Gasteiger partial charge in [0.15, 0.2) is 0 Å². The first-order valence-corrected chi connectivity index (χ1v) is 8.93. The third kappa shape index (κ3) is 3.11. The molecule has 0 aromatic carbocycles. The lowest BCUT2D eigenvalue weighted by atomic mass is 9.82. The molecule has 0 nitrogen and oxygen atoms in total. The second-order valence-electron chi connectivity index (χ2n) is 7.47. The molecule has 0 aromatic heterocycles. The van der Waals surface area contributed by atoms with Crippen LogP contribution in [0, 0.1) is 23.7 Å². The van der Waals surface area contributed by atoms with E-state index in [0.717, 1.165) is 0 Å². The summed E-state index contributed by atoms with van der Waals surface area (Å²) in [5.41, 5.74) is 0. The molecule has 4 fully saturated rings. The monoisotopic (exact) mass is 248 g/mol. The summed E-state index contributed by atoms with van der Waals surface area (Å²) in [6.07, 6.45) is 21.7. The molecule has 4 rings (SSSR count). The summed E-state index contributed by atoms with van der Waals surface area (Å²) in [4.78, 5) is 0. The van der Waals surface area contributed by atoms with Crippen molar-refractivity contribution in [2.24, 2.45) is 23.7 Å². The molecule has 18 heavy (non-hydrogen) atoms. The molecule has 0 unspecified atom stereocenters. The van der Waals surface area contributed by atoms with Gasteiger partial charge < -0.3 is 0 Å². The first-order valence-electron chi connectivity index (χ1n) is 8.93. The van der Waals surface area contributed by atoms with Crippen molar-refractivity contribution in [3.05, 3.63) is 0 Å². The van der Waals surface area contributed by atoms with Gasteiger partial charge in [0.1, 0.15) is 0 Å². The maximum absolute atomic E-state index is 1.56. The SMILES string of the molecule is C1CC[C@@H]2CCC[C@H]2C1.C1CC[C@@H]2CCC[C@H]2C1. The van der Waals surface area contributed by atoms with Crippen LogP contribution >= 0.6 is 0 Å². The Morgan fingerprint density at radius 2 is 0.500 bits per heavy atom. The van der Waals surface area contributed by atoms with Gasteiger partial charge in [0, 0.05) is 0 Å². The van der Waals surface area contributed by atoms with E-state index in [1.807, 2.05) is 0 Å². The van der Waals surface area contributed by atoms with Crippen molar-refractivity contribution in [1.29, 1.82) is 0 Å². The van der Waals surface area contributed by atoms with Crippen LogP contribution in [0.25, 0.3) is 0 Å². The quantitative estimate of drug-likeness (QED) is 0.496. The smallest absolute Gasteiger partial charge is 0.0386 e. The molecule has 4 aliphatic carbocycles. The van der Waals surface area contributed by atoms with E-state index in [4.69, 9.17) is 0 Å². The molecule has 4 aliphatic rings. The number of rotatable bonds is 0. The first-order chi connectivity index (χ1) is 8.93. The van der Waals surface area contributed by atoms with Crippen LogP contribution in [-0.2, 0) is 0 Å². The zero-order chi connectivity index (χ0) is 12.2. The molecule has 0 heteroatoms. The van der Waals surface area contributed by atoms with Crippen molar-refractivity contribution < 1.29 is 0 Å². The molecule has 0 N–H and O–H groups in total. The Hall–Kier alpha value is 0.